The van der Waals surface area contributed by atoms with Gasteiger partial charge in [-0.25, -0.2) is 9.97 Å². The maximum Gasteiger partial charge on any atom is 0.0737 e. The number of aromatic amines is 2. The van der Waals surface area contributed by atoms with Crippen LogP contribution >= 0.6 is 0 Å². The van der Waals surface area contributed by atoms with Gasteiger partial charge < -0.3 is 9.97 Å². The van der Waals surface area contributed by atoms with Crippen molar-refractivity contribution in [3.63, 3.8) is 0 Å². The first-order chi connectivity index (χ1) is 14.2. The van der Waals surface area contributed by atoms with E-state index in [1.807, 2.05) is 12.2 Å². The van der Waals surface area contributed by atoms with Gasteiger partial charge in [0.25, 0.3) is 0 Å². The van der Waals surface area contributed by atoms with Crippen LogP contribution in [0.3, 0.4) is 0 Å². The number of fused-ring (bicyclic) bond motifs is 11. The van der Waals surface area contributed by atoms with Crippen LogP contribution in [0.25, 0.3) is 56.7 Å². The molecule has 2 aliphatic heterocycles. The number of nitrogens with zero attached hydrogens (tertiary/aromatic N) is 2. The zero-order valence-corrected chi connectivity index (χ0v) is 15.9. The number of rotatable bonds is 0. The fourth-order valence-corrected chi connectivity index (χ4v) is 3.99. The predicted molar refractivity (Wildman–Crippen MR) is 119 cm³/mol. The minimum absolute atomic E-state index is 0.912. The normalized spacial score (nSPS) is 12.2. The molecule has 4 aromatic rings. The fraction of sp³-hybridized carbons (Fsp3) is 0.0400. The standard InChI is InChI=1S/C25H18N4/c1-15-10-20-12-18-7-6-16(26-18)11-17-8-9-19(27-17)13-24-21-4-2-3-5-22(21)25(29-24)14-23(15)28-20/h2-14,26,28H,1H3. The van der Waals surface area contributed by atoms with E-state index >= 15 is 0 Å². The molecule has 0 fully saturated rings. The average Bonchev–Trinajstić information content (AvgIpc) is 3.47. The number of hydrogen-bond acceptors (Lipinski definition) is 2. The SMILES string of the molecule is Cc1cc2cc3ccc(cc4nc(cc5nc(cc1[nH]2)-c1ccccc1-5)C=C4)[nH]3. The Morgan fingerprint density at radius 3 is 2.10 bits per heavy atom. The molecule has 3 aromatic heterocycles. The van der Waals surface area contributed by atoms with Gasteiger partial charge >= 0.3 is 0 Å². The molecule has 8 bridgehead atoms. The summed E-state index contributed by atoms with van der Waals surface area (Å²) < 4.78 is 0. The highest BCUT2D eigenvalue weighted by molar-refractivity contribution is 5.87. The van der Waals surface area contributed by atoms with E-state index in [-0.39, 0.29) is 0 Å². The lowest BCUT2D eigenvalue weighted by molar-refractivity contribution is 1.31. The molecule has 1 aromatic carbocycles. The van der Waals surface area contributed by atoms with Crippen molar-refractivity contribution in [1.82, 2.24) is 19.9 Å². The molecule has 0 spiro atoms. The lowest BCUT2D eigenvalue weighted by atomic mass is 10.0. The van der Waals surface area contributed by atoms with Crippen LogP contribution in [-0.2, 0) is 0 Å². The van der Waals surface area contributed by atoms with Crippen molar-refractivity contribution in [2.24, 2.45) is 0 Å². The maximum atomic E-state index is 4.94. The molecule has 0 saturated carbocycles. The molecule has 0 unspecified atom stereocenters. The molecular formula is C25H18N4. The summed E-state index contributed by atoms with van der Waals surface area (Å²) in [4.78, 5) is 16.6. The average molecular weight is 374 g/mol. The van der Waals surface area contributed by atoms with Crippen molar-refractivity contribution in [1.29, 1.82) is 0 Å². The quantitative estimate of drug-likeness (QED) is 0.336. The Bertz CT molecular complexity index is 1470. The lowest BCUT2D eigenvalue weighted by Gasteiger charge is -1.97. The largest absolute Gasteiger partial charge is 0.355 e. The highest BCUT2D eigenvalue weighted by atomic mass is 14.8. The van der Waals surface area contributed by atoms with Crippen LogP contribution in [0.2, 0.25) is 0 Å². The predicted octanol–water partition coefficient (Wildman–Crippen LogP) is 6.13. The third-order valence-corrected chi connectivity index (χ3v) is 5.39. The van der Waals surface area contributed by atoms with E-state index in [1.54, 1.807) is 0 Å². The number of benzene rings is 1. The van der Waals surface area contributed by atoms with E-state index in [0.29, 0.717) is 0 Å². The van der Waals surface area contributed by atoms with E-state index in [4.69, 9.17) is 9.97 Å². The van der Waals surface area contributed by atoms with Crippen molar-refractivity contribution in [3.05, 3.63) is 83.7 Å². The molecule has 0 aliphatic carbocycles. The number of aromatic nitrogens is 4. The highest BCUT2D eigenvalue weighted by Gasteiger charge is 2.16. The number of aryl methyl sites for hydroxylation is 1. The second kappa shape index (κ2) is 6.04. The fourth-order valence-electron chi connectivity index (χ4n) is 3.99. The first-order valence-electron chi connectivity index (χ1n) is 9.68. The second-order valence-corrected chi connectivity index (χ2v) is 7.49. The summed E-state index contributed by atoms with van der Waals surface area (Å²) in [5.74, 6) is 0. The summed E-state index contributed by atoms with van der Waals surface area (Å²) in [6, 6.07) is 23.1. The van der Waals surface area contributed by atoms with Gasteiger partial charge in [-0.1, -0.05) is 24.3 Å². The van der Waals surface area contributed by atoms with Gasteiger partial charge in [0.15, 0.2) is 0 Å². The van der Waals surface area contributed by atoms with E-state index in [1.165, 1.54) is 5.56 Å². The zero-order valence-electron chi connectivity index (χ0n) is 15.9. The number of hydrogen-bond donors (Lipinski definition) is 2. The molecule has 29 heavy (non-hydrogen) atoms. The lowest BCUT2D eigenvalue weighted by Crippen LogP contribution is -1.77. The summed E-state index contributed by atoms with van der Waals surface area (Å²) in [6.45, 7) is 2.12. The van der Waals surface area contributed by atoms with E-state index < -0.39 is 0 Å². The van der Waals surface area contributed by atoms with Gasteiger partial charge in [-0.3, -0.25) is 0 Å². The Morgan fingerprint density at radius 1 is 0.621 bits per heavy atom. The van der Waals surface area contributed by atoms with E-state index in [2.05, 4.69) is 83.6 Å². The summed E-state index contributed by atoms with van der Waals surface area (Å²) in [7, 11) is 0. The molecule has 138 valence electrons. The van der Waals surface area contributed by atoms with Crippen molar-refractivity contribution >= 4 is 34.2 Å². The number of H-pyrrole nitrogens is 2. The van der Waals surface area contributed by atoms with Crippen molar-refractivity contribution < 1.29 is 0 Å². The van der Waals surface area contributed by atoms with Gasteiger partial charge in [-0.15, -0.1) is 0 Å². The summed E-state index contributed by atoms with van der Waals surface area (Å²) in [6.07, 6.45) is 4.07. The molecule has 5 heterocycles. The topological polar surface area (TPSA) is 57.4 Å². The molecular weight excluding hydrogens is 356 g/mol. The van der Waals surface area contributed by atoms with Crippen LogP contribution in [0, 0.1) is 6.92 Å². The molecule has 0 atom stereocenters. The van der Waals surface area contributed by atoms with Gasteiger partial charge in [0.2, 0.25) is 0 Å². The van der Waals surface area contributed by atoms with Gasteiger partial charge in [0.1, 0.15) is 0 Å². The second-order valence-electron chi connectivity index (χ2n) is 7.49. The first kappa shape index (κ1) is 16.1. The molecule has 0 radical (unpaired) electrons. The van der Waals surface area contributed by atoms with Crippen molar-refractivity contribution in [2.45, 2.75) is 6.92 Å². The Kier molecular flexibility index (Phi) is 3.35. The molecule has 4 nitrogen and oxygen atoms in total. The minimum Gasteiger partial charge on any atom is -0.355 e. The third-order valence-electron chi connectivity index (χ3n) is 5.39. The summed E-state index contributed by atoms with van der Waals surface area (Å²) in [5.41, 5.74) is 11.4. The molecule has 2 aliphatic rings. The number of nitrogens with one attached hydrogen (secondary N) is 2. The smallest absolute Gasteiger partial charge is 0.0737 e. The van der Waals surface area contributed by atoms with Crippen LogP contribution in [0.1, 0.15) is 17.0 Å². The Morgan fingerprint density at radius 2 is 1.31 bits per heavy atom. The van der Waals surface area contributed by atoms with Crippen LogP contribution in [0.4, 0.5) is 0 Å². The monoisotopic (exact) mass is 374 g/mol. The maximum absolute atomic E-state index is 4.94. The molecule has 2 N–H and O–H groups in total. The molecule has 0 amide bonds. The summed E-state index contributed by atoms with van der Waals surface area (Å²) in [5, 5.41) is 0. The van der Waals surface area contributed by atoms with E-state index in [9.17, 15) is 0 Å². The molecule has 6 rings (SSSR count). The van der Waals surface area contributed by atoms with Crippen LogP contribution < -0.4 is 0 Å². The molecule has 4 heteroatoms. The third kappa shape index (κ3) is 2.77. The van der Waals surface area contributed by atoms with Gasteiger partial charge in [0, 0.05) is 33.2 Å². The zero-order chi connectivity index (χ0) is 19.4. The van der Waals surface area contributed by atoms with Crippen LogP contribution in [-0.4, -0.2) is 19.9 Å². The van der Waals surface area contributed by atoms with Crippen molar-refractivity contribution in [3.8, 4) is 22.5 Å². The van der Waals surface area contributed by atoms with Gasteiger partial charge in [-0.05, 0) is 67.1 Å². The highest BCUT2D eigenvalue weighted by Crippen LogP contribution is 2.35. The van der Waals surface area contributed by atoms with Gasteiger partial charge in [0.05, 0.1) is 22.8 Å². The first-order valence-corrected chi connectivity index (χ1v) is 9.68. The Labute approximate surface area is 167 Å². The van der Waals surface area contributed by atoms with Crippen molar-refractivity contribution in [2.75, 3.05) is 0 Å². The summed E-state index contributed by atoms with van der Waals surface area (Å²) >= 11 is 0. The minimum atomic E-state index is 0.912. The van der Waals surface area contributed by atoms with E-state index in [0.717, 1.165) is 56.0 Å². The van der Waals surface area contributed by atoms with Gasteiger partial charge in [-0.2, -0.15) is 0 Å². The van der Waals surface area contributed by atoms with Crippen LogP contribution in [0.15, 0.2) is 66.7 Å². The molecule has 0 saturated heterocycles. The Balaban J connectivity index is 1.75. The Hall–Kier alpha value is -3.92. The van der Waals surface area contributed by atoms with Crippen LogP contribution in [0.5, 0.6) is 0 Å².